The zero-order valence-corrected chi connectivity index (χ0v) is 16.1. The first-order valence-corrected chi connectivity index (χ1v) is 9.20. The Morgan fingerprint density at radius 1 is 1.15 bits per heavy atom. The van der Waals surface area contributed by atoms with Gasteiger partial charge in [0.25, 0.3) is 5.91 Å². The molecule has 0 N–H and O–H groups in total. The molecule has 1 aromatic carbocycles. The van der Waals surface area contributed by atoms with Crippen LogP contribution in [0.2, 0.25) is 0 Å². The predicted octanol–water partition coefficient (Wildman–Crippen LogP) is 2.18. The van der Waals surface area contributed by atoms with Crippen molar-refractivity contribution in [1.82, 2.24) is 4.90 Å². The van der Waals surface area contributed by atoms with E-state index in [0.717, 1.165) is 5.56 Å². The lowest BCUT2D eigenvalue weighted by atomic mass is 9.97. The largest absolute Gasteiger partial charge is 0.466 e. The molecule has 148 valence electrons. The highest BCUT2D eigenvalue weighted by atomic mass is 16.5. The Balaban J connectivity index is 1.84. The predicted molar refractivity (Wildman–Crippen MR) is 98.0 cm³/mol. The van der Waals surface area contributed by atoms with Gasteiger partial charge in [-0.25, -0.2) is 4.79 Å². The minimum absolute atomic E-state index is 0.169. The van der Waals surface area contributed by atoms with Crippen LogP contribution in [0.5, 0.6) is 0 Å². The van der Waals surface area contributed by atoms with Gasteiger partial charge in [0, 0.05) is 20.2 Å². The van der Waals surface area contributed by atoms with E-state index in [1.807, 2.05) is 0 Å². The van der Waals surface area contributed by atoms with E-state index >= 15 is 0 Å². The van der Waals surface area contributed by atoms with Crippen molar-refractivity contribution in [3.8, 4) is 0 Å². The van der Waals surface area contributed by atoms with Crippen molar-refractivity contribution in [2.24, 2.45) is 5.92 Å². The van der Waals surface area contributed by atoms with E-state index in [1.54, 1.807) is 50.1 Å². The van der Waals surface area contributed by atoms with Gasteiger partial charge in [0.1, 0.15) is 0 Å². The third kappa shape index (κ3) is 5.79. The number of hydrogen-bond donors (Lipinski definition) is 0. The molecule has 0 radical (unpaired) electrons. The van der Waals surface area contributed by atoms with E-state index < -0.39 is 12.1 Å². The summed E-state index contributed by atoms with van der Waals surface area (Å²) in [7, 11) is 1.60. The number of methoxy groups -OCH3 is 1. The highest BCUT2D eigenvalue weighted by Crippen LogP contribution is 2.20. The highest BCUT2D eigenvalue weighted by Gasteiger charge is 2.31. The number of hydrogen-bond acceptors (Lipinski definition) is 6. The lowest BCUT2D eigenvalue weighted by Gasteiger charge is -2.32. The molecular weight excluding hydrogens is 350 g/mol. The lowest BCUT2D eigenvalue weighted by molar-refractivity contribution is -0.152. The Bertz CT molecular complexity index is 649. The molecule has 1 aliphatic heterocycles. The summed E-state index contributed by atoms with van der Waals surface area (Å²) in [6.45, 7) is 5.07. The maximum Gasteiger partial charge on any atom is 0.338 e. The normalized spacial score (nSPS) is 15.9. The zero-order chi connectivity index (χ0) is 19.8. The number of amides is 1. The van der Waals surface area contributed by atoms with Crippen molar-refractivity contribution in [1.29, 1.82) is 0 Å². The maximum atomic E-state index is 12.5. The molecule has 2 rings (SSSR count). The van der Waals surface area contributed by atoms with Gasteiger partial charge in [-0.2, -0.15) is 0 Å². The zero-order valence-electron chi connectivity index (χ0n) is 16.1. The summed E-state index contributed by atoms with van der Waals surface area (Å²) in [6.07, 6.45) is 0.244. The van der Waals surface area contributed by atoms with E-state index in [1.165, 1.54) is 0 Å². The molecule has 7 nitrogen and oxygen atoms in total. The van der Waals surface area contributed by atoms with Crippen molar-refractivity contribution < 1.29 is 28.6 Å². The number of piperidine rings is 1. The van der Waals surface area contributed by atoms with Crippen molar-refractivity contribution in [3.63, 3.8) is 0 Å². The second-order valence-electron chi connectivity index (χ2n) is 6.53. The number of rotatable bonds is 7. The topological polar surface area (TPSA) is 82.1 Å². The molecule has 0 saturated carbocycles. The molecule has 1 amide bonds. The number of nitrogens with zero attached hydrogens (tertiary/aromatic N) is 1. The number of benzene rings is 1. The summed E-state index contributed by atoms with van der Waals surface area (Å²) in [6, 6.07) is 6.87. The van der Waals surface area contributed by atoms with Crippen molar-refractivity contribution in [2.45, 2.75) is 39.4 Å². The van der Waals surface area contributed by atoms with Gasteiger partial charge in [0.05, 0.1) is 24.7 Å². The molecule has 1 heterocycles. The van der Waals surface area contributed by atoms with Crippen molar-refractivity contribution >= 4 is 17.8 Å². The molecule has 27 heavy (non-hydrogen) atoms. The third-order valence-electron chi connectivity index (χ3n) is 4.56. The fourth-order valence-electron chi connectivity index (χ4n) is 3.04. The molecule has 1 fully saturated rings. The van der Waals surface area contributed by atoms with Crippen molar-refractivity contribution in [2.75, 3.05) is 26.8 Å². The minimum atomic E-state index is -0.879. The molecule has 1 saturated heterocycles. The number of carbonyl (C=O) groups is 3. The Morgan fingerprint density at radius 2 is 1.78 bits per heavy atom. The number of likely N-dealkylation sites (tertiary alicyclic amines) is 1. The van der Waals surface area contributed by atoms with Crippen LogP contribution >= 0.6 is 0 Å². The summed E-state index contributed by atoms with van der Waals surface area (Å²) in [5, 5.41) is 0. The molecule has 1 atom stereocenters. The van der Waals surface area contributed by atoms with E-state index in [2.05, 4.69) is 0 Å². The molecular formula is C20H27NO6. The van der Waals surface area contributed by atoms with Crippen LogP contribution in [0.25, 0.3) is 0 Å². The summed E-state index contributed by atoms with van der Waals surface area (Å²) in [5.41, 5.74) is 1.33. The maximum absolute atomic E-state index is 12.5. The van der Waals surface area contributed by atoms with Gasteiger partial charge in [-0.1, -0.05) is 12.1 Å². The molecule has 1 aromatic rings. The van der Waals surface area contributed by atoms with Crippen LogP contribution in [0.1, 0.15) is 42.6 Å². The van der Waals surface area contributed by atoms with Gasteiger partial charge < -0.3 is 19.1 Å². The fraction of sp³-hybridized carbons (Fsp3) is 0.550. The fourth-order valence-corrected chi connectivity index (χ4v) is 3.04. The smallest absolute Gasteiger partial charge is 0.338 e. The monoisotopic (exact) mass is 377 g/mol. The summed E-state index contributed by atoms with van der Waals surface area (Å²) < 4.78 is 15.4. The van der Waals surface area contributed by atoms with Crippen LogP contribution in [-0.4, -0.2) is 55.7 Å². The van der Waals surface area contributed by atoms with Gasteiger partial charge in [0.15, 0.2) is 6.10 Å². The Kier molecular flexibility index (Phi) is 7.79. The first kappa shape index (κ1) is 20.9. The van der Waals surface area contributed by atoms with E-state index in [0.29, 0.717) is 44.7 Å². The summed E-state index contributed by atoms with van der Waals surface area (Å²) in [4.78, 5) is 38.2. The standard InChI is InChI=1S/C20H27NO6/c1-4-26-19(23)17-9-11-21(12-10-17)18(22)14(2)27-20(24)16-7-5-15(6-8-16)13-25-3/h5-8,14,17H,4,9-13H2,1-3H3. The average Bonchev–Trinajstić information content (AvgIpc) is 2.68. The van der Waals surface area contributed by atoms with Crippen LogP contribution in [0.4, 0.5) is 0 Å². The molecule has 0 aliphatic carbocycles. The van der Waals surface area contributed by atoms with Gasteiger partial charge in [-0.3, -0.25) is 9.59 Å². The Labute approximate surface area is 159 Å². The third-order valence-corrected chi connectivity index (χ3v) is 4.56. The Morgan fingerprint density at radius 3 is 2.33 bits per heavy atom. The second kappa shape index (κ2) is 10.1. The number of ether oxygens (including phenoxy) is 3. The van der Waals surface area contributed by atoms with E-state index in [4.69, 9.17) is 14.2 Å². The summed E-state index contributed by atoms with van der Waals surface area (Å²) >= 11 is 0. The van der Waals surface area contributed by atoms with Gasteiger partial charge in [0.2, 0.25) is 0 Å². The molecule has 0 aromatic heterocycles. The van der Waals surface area contributed by atoms with Gasteiger partial charge >= 0.3 is 11.9 Å². The quantitative estimate of drug-likeness (QED) is 0.678. The Hall–Kier alpha value is -2.41. The molecule has 1 unspecified atom stereocenters. The lowest BCUT2D eigenvalue weighted by Crippen LogP contribution is -2.45. The first-order valence-electron chi connectivity index (χ1n) is 9.20. The van der Waals surface area contributed by atoms with Crippen LogP contribution in [0.3, 0.4) is 0 Å². The van der Waals surface area contributed by atoms with Crippen LogP contribution < -0.4 is 0 Å². The molecule has 7 heteroatoms. The minimum Gasteiger partial charge on any atom is -0.466 e. The summed E-state index contributed by atoms with van der Waals surface area (Å²) in [5.74, 6) is -1.17. The molecule has 0 spiro atoms. The van der Waals surface area contributed by atoms with E-state index in [9.17, 15) is 14.4 Å². The molecule has 1 aliphatic rings. The average molecular weight is 377 g/mol. The number of esters is 2. The number of carbonyl (C=O) groups excluding carboxylic acids is 3. The van der Waals surface area contributed by atoms with Gasteiger partial charge in [-0.15, -0.1) is 0 Å². The first-order chi connectivity index (χ1) is 13.0. The molecule has 0 bridgehead atoms. The highest BCUT2D eigenvalue weighted by molar-refractivity contribution is 5.92. The van der Waals surface area contributed by atoms with Gasteiger partial charge in [-0.05, 0) is 44.4 Å². The van der Waals surface area contributed by atoms with Crippen molar-refractivity contribution in [3.05, 3.63) is 35.4 Å². The van der Waals surface area contributed by atoms with Crippen LogP contribution in [0.15, 0.2) is 24.3 Å². The van der Waals surface area contributed by atoms with Crippen LogP contribution in [-0.2, 0) is 30.4 Å². The SMILES string of the molecule is CCOC(=O)C1CCN(C(=O)C(C)OC(=O)c2ccc(COC)cc2)CC1. The van der Waals surface area contributed by atoms with Crippen LogP contribution in [0, 0.1) is 5.92 Å². The second-order valence-corrected chi connectivity index (χ2v) is 6.53. The van der Waals surface area contributed by atoms with E-state index in [-0.39, 0.29) is 17.8 Å².